The summed E-state index contributed by atoms with van der Waals surface area (Å²) in [6.07, 6.45) is 0.661. The molecule has 0 radical (unpaired) electrons. The van der Waals surface area contributed by atoms with E-state index in [1.54, 1.807) is 23.1 Å². The van der Waals surface area contributed by atoms with E-state index in [-0.39, 0.29) is 41.9 Å². The lowest BCUT2D eigenvalue weighted by Gasteiger charge is -2.30. The monoisotopic (exact) mass is 489 g/mol. The number of anilines is 1. The van der Waals surface area contributed by atoms with Gasteiger partial charge >= 0.3 is 0 Å². The predicted molar refractivity (Wildman–Crippen MR) is 124 cm³/mol. The molecule has 0 bridgehead atoms. The van der Waals surface area contributed by atoms with Gasteiger partial charge in [-0.05, 0) is 30.0 Å². The van der Waals surface area contributed by atoms with E-state index in [9.17, 15) is 18.0 Å². The fourth-order valence-electron chi connectivity index (χ4n) is 4.17. The van der Waals surface area contributed by atoms with Gasteiger partial charge in [0.25, 0.3) is 5.91 Å². The Kier molecular flexibility index (Phi) is 5.83. The van der Waals surface area contributed by atoms with E-state index in [4.69, 9.17) is 9.47 Å². The normalized spacial score (nSPS) is 21.6. The molecule has 2 amide bonds. The van der Waals surface area contributed by atoms with Crippen molar-refractivity contribution in [3.05, 3.63) is 40.6 Å². The summed E-state index contributed by atoms with van der Waals surface area (Å²) >= 11 is 1.54. The third-order valence-electron chi connectivity index (χ3n) is 5.84. The number of ether oxygens (including phenoxy) is 2. The van der Waals surface area contributed by atoms with E-state index in [1.165, 1.54) is 16.3 Å². The average molecular weight is 490 g/mol. The van der Waals surface area contributed by atoms with Crippen molar-refractivity contribution in [3.8, 4) is 11.5 Å². The largest absolute Gasteiger partial charge is 0.486 e. The maximum absolute atomic E-state index is 13.7. The number of nitrogens with zero attached hydrogens (tertiary/aromatic N) is 3. The first-order valence-corrected chi connectivity index (χ1v) is 13.4. The highest BCUT2D eigenvalue weighted by molar-refractivity contribution is 7.91. The van der Waals surface area contributed by atoms with Gasteiger partial charge in [0, 0.05) is 29.5 Å². The van der Waals surface area contributed by atoms with Crippen LogP contribution in [0.15, 0.2) is 40.8 Å². The maximum atomic E-state index is 13.7. The molecule has 1 aromatic heterocycles. The van der Waals surface area contributed by atoms with Crippen LogP contribution in [-0.2, 0) is 26.0 Å². The van der Waals surface area contributed by atoms with Gasteiger partial charge in [-0.15, -0.1) is 11.3 Å². The molecule has 5 rings (SSSR count). The van der Waals surface area contributed by atoms with Gasteiger partial charge in [0.05, 0.1) is 24.1 Å². The van der Waals surface area contributed by atoms with E-state index < -0.39 is 15.9 Å². The first-order valence-electron chi connectivity index (χ1n) is 10.7. The van der Waals surface area contributed by atoms with Crippen LogP contribution in [0.2, 0.25) is 0 Å². The second-order valence-electron chi connectivity index (χ2n) is 8.14. The molecule has 1 aromatic carbocycles. The Morgan fingerprint density at radius 2 is 2.00 bits per heavy atom. The molecule has 33 heavy (non-hydrogen) atoms. The molecule has 1 unspecified atom stereocenters. The molecule has 4 heterocycles. The molecule has 3 aliphatic heterocycles. The predicted octanol–water partition coefficient (Wildman–Crippen LogP) is 2.22. The van der Waals surface area contributed by atoms with Crippen LogP contribution in [0.25, 0.3) is 0 Å². The third kappa shape index (κ3) is 4.60. The lowest BCUT2D eigenvalue weighted by molar-refractivity contribution is -0.133. The van der Waals surface area contributed by atoms with E-state index in [1.807, 2.05) is 17.5 Å². The first-order chi connectivity index (χ1) is 15.9. The van der Waals surface area contributed by atoms with Gasteiger partial charge in [-0.3, -0.25) is 9.59 Å². The minimum atomic E-state index is -3.19. The zero-order valence-corrected chi connectivity index (χ0v) is 19.4. The number of hydrazone groups is 1. The molecule has 0 spiro atoms. The fraction of sp³-hybridized carbons (Fsp3) is 0.409. The van der Waals surface area contributed by atoms with E-state index >= 15 is 0 Å². The van der Waals surface area contributed by atoms with Gasteiger partial charge in [0.15, 0.2) is 21.3 Å². The third-order valence-corrected chi connectivity index (χ3v) is 8.45. The molecule has 1 saturated heterocycles. The molecule has 174 valence electrons. The number of hydrogen-bond donors (Lipinski definition) is 0. The lowest BCUT2D eigenvalue weighted by Crippen LogP contribution is -2.45. The van der Waals surface area contributed by atoms with Crippen LogP contribution in [-0.4, -0.2) is 61.7 Å². The Morgan fingerprint density at radius 3 is 2.73 bits per heavy atom. The maximum Gasteiger partial charge on any atom is 0.274 e. The fourth-order valence-corrected chi connectivity index (χ4v) is 6.56. The molecule has 0 N–H and O–H groups in total. The summed E-state index contributed by atoms with van der Waals surface area (Å²) in [7, 11) is -3.19. The summed E-state index contributed by atoms with van der Waals surface area (Å²) in [5.41, 5.74) is 0.873. The van der Waals surface area contributed by atoms with Crippen molar-refractivity contribution >= 4 is 44.4 Å². The molecule has 1 fully saturated rings. The van der Waals surface area contributed by atoms with Crippen LogP contribution in [0.3, 0.4) is 0 Å². The van der Waals surface area contributed by atoms with Crippen molar-refractivity contribution in [2.45, 2.75) is 31.8 Å². The number of carbonyl (C=O) groups excluding carboxylic acids is 2. The number of rotatable bonds is 5. The molecule has 0 aliphatic carbocycles. The van der Waals surface area contributed by atoms with Crippen LogP contribution in [0, 0.1) is 0 Å². The minimum Gasteiger partial charge on any atom is -0.486 e. The van der Waals surface area contributed by atoms with Crippen molar-refractivity contribution in [2.75, 3.05) is 29.6 Å². The van der Waals surface area contributed by atoms with Gasteiger partial charge in [-0.1, -0.05) is 6.07 Å². The van der Waals surface area contributed by atoms with E-state index in [2.05, 4.69) is 5.10 Å². The van der Waals surface area contributed by atoms with Gasteiger partial charge < -0.3 is 14.4 Å². The van der Waals surface area contributed by atoms with Crippen molar-refractivity contribution in [3.63, 3.8) is 0 Å². The quantitative estimate of drug-likeness (QED) is 0.638. The number of fused-ring (bicyclic) bond motifs is 1. The highest BCUT2D eigenvalue weighted by Crippen LogP contribution is 2.35. The Bertz CT molecular complexity index is 1210. The lowest BCUT2D eigenvalue weighted by atomic mass is 10.1. The molecular weight excluding hydrogens is 466 g/mol. The average Bonchev–Trinajstić information content (AvgIpc) is 3.46. The summed E-state index contributed by atoms with van der Waals surface area (Å²) in [5.74, 6) is 0.535. The summed E-state index contributed by atoms with van der Waals surface area (Å²) in [6.45, 7) is 1.24. The highest BCUT2D eigenvalue weighted by atomic mass is 32.2. The summed E-state index contributed by atoms with van der Waals surface area (Å²) in [5, 5.41) is 7.53. The van der Waals surface area contributed by atoms with Crippen molar-refractivity contribution in [1.29, 1.82) is 0 Å². The Balaban J connectivity index is 1.46. The van der Waals surface area contributed by atoms with Gasteiger partial charge in [-0.2, -0.15) is 5.10 Å². The first kappa shape index (κ1) is 21.9. The van der Waals surface area contributed by atoms with Crippen LogP contribution in [0.5, 0.6) is 11.5 Å². The standard InChI is InChI=1S/C22H23N3O6S2/c26-21-6-4-18(23-25(21)16-7-11-33(28,29)14-16)22(27)24(13-17-2-1-10-32-17)15-3-5-19-20(12-15)31-9-8-30-19/h1-3,5,10,12,16H,4,6-9,11,13-14H2. The van der Waals surface area contributed by atoms with Crippen molar-refractivity contribution in [2.24, 2.45) is 5.10 Å². The Labute approximate surface area is 195 Å². The van der Waals surface area contributed by atoms with Crippen LogP contribution in [0.1, 0.15) is 24.1 Å². The van der Waals surface area contributed by atoms with Gasteiger partial charge in [-0.25, -0.2) is 13.4 Å². The zero-order valence-electron chi connectivity index (χ0n) is 17.8. The van der Waals surface area contributed by atoms with Crippen LogP contribution in [0.4, 0.5) is 5.69 Å². The smallest absolute Gasteiger partial charge is 0.274 e. The minimum absolute atomic E-state index is 0.0297. The molecule has 2 aromatic rings. The van der Waals surface area contributed by atoms with Crippen molar-refractivity contribution < 1.29 is 27.5 Å². The molecule has 3 aliphatic rings. The van der Waals surface area contributed by atoms with E-state index in [0.29, 0.717) is 43.4 Å². The number of carbonyl (C=O) groups is 2. The molecule has 0 saturated carbocycles. The van der Waals surface area contributed by atoms with Crippen LogP contribution < -0.4 is 14.4 Å². The Morgan fingerprint density at radius 1 is 1.18 bits per heavy atom. The number of thiophene rings is 1. The second kappa shape index (κ2) is 8.79. The SMILES string of the molecule is O=C(C1=NN(C2CCS(=O)(=O)C2)C(=O)CC1)N(Cc1cccs1)c1ccc2c(c1)OCCO2. The van der Waals surface area contributed by atoms with Gasteiger partial charge in [0.1, 0.15) is 18.9 Å². The number of amides is 2. The number of hydrogen-bond acceptors (Lipinski definition) is 8. The molecule has 1 atom stereocenters. The topological polar surface area (TPSA) is 106 Å². The summed E-state index contributed by atoms with van der Waals surface area (Å²) in [4.78, 5) is 28.8. The number of benzene rings is 1. The summed E-state index contributed by atoms with van der Waals surface area (Å²) in [6, 6.07) is 8.70. The van der Waals surface area contributed by atoms with Crippen LogP contribution >= 0.6 is 11.3 Å². The number of sulfone groups is 1. The molecular formula is C22H23N3O6S2. The molecule has 9 nitrogen and oxygen atoms in total. The van der Waals surface area contributed by atoms with Gasteiger partial charge in [0.2, 0.25) is 5.91 Å². The van der Waals surface area contributed by atoms with E-state index in [0.717, 1.165) is 4.88 Å². The Hall–Kier alpha value is -2.92. The zero-order chi connectivity index (χ0) is 23.0. The summed E-state index contributed by atoms with van der Waals surface area (Å²) < 4.78 is 35.1. The second-order valence-corrected chi connectivity index (χ2v) is 11.4. The van der Waals surface area contributed by atoms with Crippen molar-refractivity contribution in [1.82, 2.24) is 5.01 Å². The molecule has 11 heteroatoms. The highest BCUT2D eigenvalue weighted by Gasteiger charge is 2.38.